The number of fused-ring (bicyclic) bond motifs is 1. The Morgan fingerprint density at radius 2 is 1.70 bits per heavy atom. The molecule has 0 saturated carbocycles. The van der Waals surface area contributed by atoms with Crippen molar-refractivity contribution in [3.63, 3.8) is 0 Å². The summed E-state index contributed by atoms with van der Waals surface area (Å²) >= 11 is 1.48. The van der Waals surface area contributed by atoms with Gasteiger partial charge in [0.25, 0.3) is 0 Å². The molecule has 3 aromatic rings. The fraction of sp³-hybridized carbons (Fsp3) is 0.379. The third-order valence-electron chi connectivity index (χ3n) is 7.38. The standard InChI is InChI=1S/C29H33N5O5S/c1-19(35)32-12-14-33(15-13-32)24(36)17-34-25(37)18-40-28(22-16-21(38-3)10-11-23(22)39-4)26-27(30-31(2)29(26)34)20-8-6-5-7-9-20/h5-11,16,28H,12-15,17-18H2,1-4H3/t28-/m1/s1. The van der Waals surface area contributed by atoms with Crippen LogP contribution in [-0.4, -0.2) is 90.0 Å². The quantitative estimate of drug-likeness (QED) is 0.455. The molecular weight excluding hydrogens is 530 g/mol. The van der Waals surface area contributed by atoms with Crippen molar-refractivity contribution in [2.24, 2.45) is 7.05 Å². The summed E-state index contributed by atoms with van der Waals surface area (Å²) in [6, 6.07) is 15.5. The third-order valence-corrected chi connectivity index (χ3v) is 8.62. The van der Waals surface area contributed by atoms with Crippen LogP contribution in [0.25, 0.3) is 11.3 Å². The lowest BCUT2D eigenvalue weighted by Crippen LogP contribution is -2.53. The van der Waals surface area contributed by atoms with Gasteiger partial charge in [0.1, 0.15) is 23.9 Å². The average molecular weight is 564 g/mol. The van der Waals surface area contributed by atoms with Gasteiger partial charge in [-0.25, -0.2) is 0 Å². The van der Waals surface area contributed by atoms with Gasteiger partial charge in [-0.3, -0.25) is 24.0 Å². The SMILES string of the molecule is COc1ccc(OC)c([C@H]2SCC(=O)N(CC(=O)N3CCN(C(C)=O)CC3)c3c2c(-c2ccccc2)nn3C)c1. The molecule has 0 spiro atoms. The number of methoxy groups -OCH3 is 2. The van der Waals surface area contributed by atoms with E-state index in [0.29, 0.717) is 43.5 Å². The van der Waals surface area contributed by atoms with Crippen LogP contribution < -0.4 is 14.4 Å². The molecule has 2 aliphatic rings. The van der Waals surface area contributed by atoms with E-state index < -0.39 is 0 Å². The molecule has 5 rings (SSSR count). The summed E-state index contributed by atoms with van der Waals surface area (Å²) in [6.45, 7) is 3.27. The van der Waals surface area contributed by atoms with Crippen LogP contribution in [0.4, 0.5) is 5.82 Å². The molecule has 3 amide bonds. The second-order valence-corrected chi connectivity index (χ2v) is 10.8. The van der Waals surface area contributed by atoms with Crippen molar-refractivity contribution in [3.05, 3.63) is 59.7 Å². The van der Waals surface area contributed by atoms with Crippen LogP contribution in [0.5, 0.6) is 11.5 Å². The molecule has 0 bridgehead atoms. The largest absolute Gasteiger partial charge is 0.497 e. The van der Waals surface area contributed by atoms with Crippen molar-refractivity contribution in [2.45, 2.75) is 12.2 Å². The highest BCUT2D eigenvalue weighted by molar-refractivity contribution is 8.00. The van der Waals surface area contributed by atoms with Gasteiger partial charge in [-0.1, -0.05) is 30.3 Å². The highest BCUT2D eigenvalue weighted by Crippen LogP contribution is 2.50. The van der Waals surface area contributed by atoms with Crippen LogP contribution in [0.1, 0.15) is 23.3 Å². The number of amides is 3. The van der Waals surface area contributed by atoms with Gasteiger partial charge in [0.2, 0.25) is 17.7 Å². The smallest absolute Gasteiger partial charge is 0.242 e. The molecule has 40 heavy (non-hydrogen) atoms. The lowest BCUT2D eigenvalue weighted by molar-refractivity contribution is -0.137. The molecule has 10 nitrogen and oxygen atoms in total. The van der Waals surface area contributed by atoms with Crippen molar-refractivity contribution >= 4 is 35.3 Å². The number of hydrogen-bond donors (Lipinski definition) is 0. The monoisotopic (exact) mass is 563 g/mol. The molecule has 0 radical (unpaired) electrons. The number of piperazine rings is 1. The second-order valence-electron chi connectivity index (χ2n) is 9.74. The van der Waals surface area contributed by atoms with E-state index in [2.05, 4.69) is 0 Å². The number of anilines is 1. The zero-order valence-corrected chi connectivity index (χ0v) is 23.9. The van der Waals surface area contributed by atoms with Crippen molar-refractivity contribution in [3.8, 4) is 22.8 Å². The maximum Gasteiger partial charge on any atom is 0.242 e. The number of carbonyl (C=O) groups is 3. The Bertz CT molecular complexity index is 1420. The highest BCUT2D eigenvalue weighted by Gasteiger charge is 2.38. The minimum atomic E-state index is -0.313. The average Bonchev–Trinajstić information content (AvgIpc) is 3.24. The first-order valence-electron chi connectivity index (χ1n) is 13.1. The Morgan fingerprint density at radius 1 is 1.00 bits per heavy atom. The van der Waals surface area contributed by atoms with Crippen LogP contribution >= 0.6 is 11.8 Å². The van der Waals surface area contributed by atoms with E-state index in [1.807, 2.05) is 48.5 Å². The van der Waals surface area contributed by atoms with E-state index in [1.165, 1.54) is 18.7 Å². The molecule has 1 atom stereocenters. The normalized spacial score (nSPS) is 17.4. The Kier molecular flexibility index (Phi) is 8.02. The fourth-order valence-corrected chi connectivity index (χ4v) is 6.51. The van der Waals surface area contributed by atoms with Gasteiger partial charge < -0.3 is 19.3 Å². The van der Waals surface area contributed by atoms with Crippen LogP contribution in [-0.2, 0) is 21.4 Å². The van der Waals surface area contributed by atoms with Crippen molar-refractivity contribution in [1.29, 1.82) is 0 Å². The summed E-state index contributed by atoms with van der Waals surface area (Å²) in [7, 11) is 5.04. The molecule has 0 N–H and O–H groups in total. The van der Waals surface area contributed by atoms with Gasteiger partial charge in [0.15, 0.2) is 0 Å². The number of thioether (sulfide) groups is 1. The zero-order valence-electron chi connectivity index (χ0n) is 23.1. The Balaban J connectivity index is 1.59. The summed E-state index contributed by atoms with van der Waals surface area (Å²) in [6.07, 6.45) is 0. The molecular formula is C29H33N5O5S. The van der Waals surface area contributed by atoms with E-state index >= 15 is 0 Å². The van der Waals surface area contributed by atoms with E-state index in [0.717, 1.165) is 22.4 Å². The zero-order chi connectivity index (χ0) is 28.4. The molecule has 1 fully saturated rings. The summed E-state index contributed by atoms with van der Waals surface area (Å²) in [5.74, 6) is 1.77. The van der Waals surface area contributed by atoms with Crippen LogP contribution in [0.3, 0.4) is 0 Å². The molecule has 1 aromatic heterocycles. The lowest BCUT2D eigenvalue weighted by atomic mass is 9.98. The number of aryl methyl sites for hydroxylation is 1. The fourth-order valence-electron chi connectivity index (χ4n) is 5.29. The summed E-state index contributed by atoms with van der Waals surface area (Å²) in [5.41, 5.74) is 3.35. The molecule has 11 heteroatoms. The number of ether oxygens (including phenoxy) is 2. The number of carbonyl (C=O) groups excluding carboxylic acids is 3. The summed E-state index contributed by atoms with van der Waals surface area (Å²) in [5, 5.41) is 4.57. The van der Waals surface area contributed by atoms with Gasteiger partial charge in [-0.15, -0.1) is 11.8 Å². The van der Waals surface area contributed by atoms with E-state index in [-0.39, 0.29) is 35.3 Å². The molecule has 2 aromatic carbocycles. The molecule has 210 valence electrons. The molecule has 0 aliphatic carbocycles. The molecule has 3 heterocycles. The van der Waals surface area contributed by atoms with Gasteiger partial charge in [0, 0.05) is 56.8 Å². The minimum Gasteiger partial charge on any atom is -0.497 e. The third kappa shape index (κ3) is 5.25. The van der Waals surface area contributed by atoms with Crippen LogP contribution in [0, 0.1) is 0 Å². The first kappa shape index (κ1) is 27.6. The number of benzene rings is 2. The molecule has 0 unspecified atom stereocenters. The number of hydrogen-bond acceptors (Lipinski definition) is 7. The van der Waals surface area contributed by atoms with Crippen molar-refractivity contribution in [1.82, 2.24) is 19.6 Å². The lowest BCUT2D eigenvalue weighted by Gasteiger charge is -2.35. The van der Waals surface area contributed by atoms with Crippen molar-refractivity contribution < 1.29 is 23.9 Å². The predicted octanol–water partition coefficient (Wildman–Crippen LogP) is 2.96. The van der Waals surface area contributed by atoms with E-state index in [4.69, 9.17) is 14.6 Å². The summed E-state index contributed by atoms with van der Waals surface area (Å²) in [4.78, 5) is 43.9. The van der Waals surface area contributed by atoms with Crippen molar-refractivity contribution in [2.75, 3.05) is 57.6 Å². The highest BCUT2D eigenvalue weighted by atomic mass is 32.2. The predicted molar refractivity (Wildman–Crippen MR) is 154 cm³/mol. The topological polar surface area (TPSA) is 97.2 Å². The van der Waals surface area contributed by atoms with E-state index in [1.54, 1.807) is 40.6 Å². The van der Waals surface area contributed by atoms with Gasteiger partial charge in [-0.05, 0) is 18.2 Å². The van der Waals surface area contributed by atoms with Gasteiger partial charge >= 0.3 is 0 Å². The van der Waals surface area contributed by atoms with Gasteiger partial charge in [0.05, 0.1) is 30.9 Å². The maximum atomic E-state index is 13.7. The van der Waals surface area contributed by atoms with Crippen LogP contribution in [0.15, 0.2) is 48.5 Å². The Labute approximate surface area is 237 Å². The second kappa shape index (κ2) is 11.6. The van der Waals surface area contributed by atoms with Crippen LogP contribution in [0.2, 0.25) is 0 Å². The first-order chi connectivity index (χ1) is 19.3. The van der Waals surface area contributed by atoms with Gasteiger partial charge in [-0.2, -0.15) is 5.10 Å². The Morgan fingerprint density at radius 3 is 2.35 bits per heavy atom. The summed E-state index contributed by atoms with van der Waals surface area (Å²) < 4.78 is 13.0. The number of rotatable bonds is 6. The maximum absolute atomic E-state index is 13.7. The number of aromatic nitrogens is 2. The Hall–Kier alpha value is -3.99. The minimum absolute atomic E-state index is 0.00111. The number of nitrogens with zero attached hydrogens (tertiary/aromatic N) is 5. The molecule has 2 aliphatic heterocycles. The first-order valence-corrected chi connectivity index (χ1v) is 14.2. The molecule has 1 saturated heterocycles. The van der Waals surface area contributed by atoms with E-state index in [9.17, 15) is 14.4 Å².